The van der Waals surface area contributed by atoms with Crippen LogP contribution < -0.4 is 4.74 Å². The number of fused-ring (bicyclic) bond motifs is 1. The maximum Gasteiger partial charge on any atom is 0.118 e. The van der Waals surface area contributed by atoms with Crippen molar-refractivity contribution in [3.8, 4) is 28.1 Å². The fraction of sp³-hybridized carbons (Fsp3) is 0.0500. The van der Waals surface area contributed by atoms with E-state index in [1.807, 2.05) is 48.8 Å². The molecule has 0 aliphatic rings. The predicted molar refractivity (Wildman–Crippen MR) is 93.5 cm³/mol. The summed E-state index contributed by atoms with van der Waals surface area (Å²) < 4.78 is 5.21. The average Bonchev–Trinajstić information content (AvgIpc) is 3.06. The van der Waals surface area contributed by atoms with E-state index < -0.39 is 0 Å². The van der Waals surface area contributed by atoms with Crippen LogP contribution in [-0.2, 0) is 0 Å². The average molecular weight is 300 g/mol. The van der Waals surface area contributed by atoms with Gasteiger partial charge in [-0.2, -0.15) is 0 Å². The van der Waals surface area contributed by atoms with Crippen LogP contribution in [0.5, 0.6) is 5.75 Å². The first kappa shape index (κ1) is 13.6. The SMILES string of the molecule is COc1ccc(-c2cncc(-c3cc4ccccc4[nH]3)c2)cc1. The Morgan fingerprint density at radius 2 is 1.61 bits per heavy atom. The molecule has 0 aliphatic heterocycles. The largest absolute Gasteiger partial charge is 0.497 e. The van der Waals surface area contributed by atoms with Gasteiger partial charge in [-0.1, -0.05) is 30.3 Å². The van der Waals surface area contributed by atoms with E-state index in [1.54, 1.807) is 7.11 Å². The van der Waals surface area contributed by atoms with E-state index in [0.29, 0.717) is 0 Å². The number of methoxy groups -OCH3 is 1. The number of rotatable bonds is 3. The second-order valence-electron chi connectivity index (χ2n) is 5.46. The van der Waals surface area contributed by atoms with Crippen LogP contribution in [0.3, 0.4) is 0 Å². The topological polar surface area (TPSA) is 37.9 Å². The summed E-state index contributed by atoms with van der Waals surface area (Å²) in [6.45, 7) is 0. The molecule has 0 aliphatic carbocycles. The molecule has 0 fully saturated rings. The minimum atomic E-state index is 0.855. The number of aromatic nitrogens is 2. The van der Waals surface area contributed by atoms with Gasteiger partial charge >= 0.3 is 0 Å². The molecule has 0 atom stereocenters. The second-order valence-corrected chi connectivity index (χ2v) is 5.46. The summed E-state index contributed by atoms with van der Waals surface area (Å²) in [5.74, 6) is 0.855. The van der Waals surface area contributed by atoms with E-state index in [0.717, 1.165) is 33.7 Å². The molecule has 0 saturated carbocycles. The van der Waals surface area contributed by atoms with Gasteiger partial charge in [0.05, 0.1) is 7.11 Å². The molecule has 2 heterocycles. The van der Waals surface area contributed by atoms with Crippen LogP contribution in [-0.4, -0.2) is 17.1 Å². The Balaban J connectivity index is 1.75. The van der Waals surface area contributed by atoms with Gasteiger partial charge in [0.15, 0.2) is 0 Å². The first-order chi connectivity index (χ1) is 11.3. The molecule has 4 rings (SSSR count). The molecule has 0 saturated heterocycles. The van der Waals surface area contributed by atoms with Gasteiger partial charge in [-0.3, -0.25) is 4.98 Å². The van der Waals surface area contributed by atoms with Gasteiger partial charge in [0.1, 0.15) is 5.75 Å². The summed E-state index contributed by atoms with van der Waals surface area (Å²) in [5, 5.41) is 1.21. The van der Waals surface area contributed by atoms with Gasteiger partial charge < -0.3 is 9.72 Å². The van der Waals surface area contributed by atoms with Crippen LogP contribution in [0.25, 0.3) is 33.3 Å². The maximum atomic E-state index is 5.21. The van der Waals surface area contributed by atoms with Crippen molar-refractivity contribution in [1.82, 2.24) is 9.97 Å². The van der Waals surface area contributed by atoms with Gasteiger partial charge in [-0.05, 0) is 35.9 Å². The summed E-state index contributed by atoms with van der Waals surface area (Å²) >= 11 is 0. The summed E-state index contributed by atoms with van der Waals surface area (Å²) in [5.41, 5.74) is 5.50. The number of para-hydroxylation sites is 1. The first-order valence-corrected chi connectivity index (χ1v) is 7.51. The van der Waals surface area contributed by atoms with Crippen molar-refractivity contribution in [2.75, 3.05) is 7.11 Å². The van der Waals surface area contributed by atoms with Crippen molar-refractivity contribution in [3.63, 3.8) is 0 Å². The Bertz CT molecular complexity index is 922. The summed E-state index contributed by atoms with van der Waals surface area (Å²) in [7, 11) is 1.67. The van der Waals surface area contributed by atoms with Crippen LogP contribution in [0.2, 0.25) is 0 Å². The molecule has 0 amide bonds. The van der Waals surface area contributed by atoms with Crippen LogP contribution >= 0.6 is 0 Å². The number of nitrogens with zero attached hydrogens (tertiary/aromatic N) is 1. The molecule has 3 nitrogen and oxygen atoms in total. The Morgan fingerprint density at radius 3 is 2.39 bits per heavy atom. The van der Waals surface area contributed by atoms with Gasteiger partial charge in [-0.25, -0.2) is 0 Å². The summed E-state index contributed by atoms with van der Waals surface area (Å²) in [6.07, 6.45) is 3.77. The minimum Gasteiger partial charge on any atom is -0.497 e. The van der Waals surface area contributed by atoms with Crippen molar-refractivity contribution >= 4 is 10.9 Å². The molecular weight excluding hydrogens is 284 g/mol. The van der Waals surface area contributed by atoms with E-state index in [4.69, 9.17) is 4.74 Å². The maximum absolute atomic E-state index is 5.21. The minimum absolute atomic E-state index is 0.855. The number of nitrogens with one attached hydrogen (secondary N) is 1. The molecule has 3 heteroatoms. The fourth-order valence-corrected chi connectivity index (χ4v) is 2.76. The van der Waals surface area contributed by atoms with Gasteiger partial charge in [-0.15, -0.1) is 0 Å². The van der Waals surface area contributed by atoms with Crippen LogP contribution in [0.1, 0.15) is 0 Å². The highest BCUT2D eigenvalue weighted by atomic mass is 16.5. The van der Waals surface area contributed by atoms with E-state index in [9.17, 15) is 0 Å². The Kier molecular flexibility index (Phi) is 3.31. The van der Waals surface area contributed by atoms with Crippen molar-refractivity contribution < 1.29 is 4.74 Å². The zero-order valence-corrected chi connectivity index (χ0v) is 12.8. The van der Waals surface area contributed by atoms with Crippen molar-refractivity contribution in [3.05, 3.63) is 73.1 Å². The lowest BCUT2D eigenvalue weighted by Gasteiger charge is -2.05. The lowest BCUT2D eigenvalue weighted by Crippen LogP contribution is -1.85. The Morgan fingerprint density at radius 1 is 0.826 bits per heavy atom. The molecule has 23 heavy (non-hydrogen) atoms. The zero-order valence-electron chi connectivity index (χ0n) is 12.8. The van der Waals surface area contributed by atoms with E-state index in [1.165, 1.54) is 5.39 Å². The molecule has 2 aromatic carbocycles. The highest BCUT2D eigenvalue weighted by Gasteiger charge is 2.06. The van der Waals surface area contributed by atoms with Crippen molar-refractivity contribution in [2.45, 2.75) is 0 Å². The molecular formula is C20H16N2O. The number of pyridine rings is 1. The quantitative estimate of drug-likeness (QED) is 0.584. The first-order valence-electron chi connectivity index (χ1n) is 7.51. The molecule has 1 N–H and O–H groups in total. The molecule has 0 radical (unpaired) electrons. The van der Waals surface area contributed by atoms with Crippen molar-refractivity contribution in [2.24, 2.45) is 0 Å². The van der Waals surface area contributed by atoms with Crippen LogP contribution in [0, 0.1) is 0 Å². The van der Waals surface area contributed by atoms with E-state index in [-0.39, 0.29) is 0 Å². The van der Waals surface area contributed by atoms with Crippen molar-refractivity contribution in [1.29, 1.82) is 0 Å². The van der Waals surface area contributed by atoms with E-state index in [2.05, 4.69) is 34.2 Å². The van der Waals surface area contributed by atoms with Crippen LogP contribution in [0.4, 0.5) is 0 Å². The number of hydrogen-bond donors (Lipinski definition) is 1. The normalized spacial score (nSPS) is 10.8. The third kappa shape index (κ3) is 2.57. The molecule has 0 unspecified atom stereocenters. The fourth-order valence-electron chi connectivity index (χ4n) is 2.76. The highest BCUT2D eigenvalue weighted by molar-refractivity contribution is 5.86. The Labute approximate surface area is 134 Å². The zero-order chi connectivity index (χ0) is 15.6. The number of ether oxygens (including phenoxy) is 1. The summed E-state index contributed by atoms with van der Waals surface area (Å²) in [6, 6.07) is 20.6. The standard InChI is InChI=1S/C20H16N2O/c1-23-18-8-6-14(7-9-18)16-10-17(13-21-12-16)20-11-15-4-2-3-5-19(15)22-20/h2-13,22H,1H3. The van der Waals surface area contributed by atoms with Gasteiger partial charge in [0.2, 0.25) is 0 Å². The molecule has 2 aromatic heterocycles. The van der Waals surface area contributed by atoms with Gasteiger partial charge in [0, 0.05) is 40.1 Å². The monoisotopic (exact) mass is 300 g/mol. The molecule has 0 bridgehead atoms. The molecule has 112 valence electrons. The number of benzene rings is 2. The molecule has 0 spiro atoms. The number of H-pyrrole nitrogens is 1. The summed E-state index contributed by atoms with van der Waals surface area (Å²) in [4.78, 5) is 7.85. The Hall–Kier alpha value is -3.07. The number of hydrogen-bond acceptors (Lipinski definition) is 2. The van der Waals surface area contributed by atoms with Crippen LogP contribution in [0.15, 0.2) is 73.1 Å². The highest BCUT2D eigenvalue weighted by Crippen LogP contribution is 2.28. The lowest BCUT2D eigenvalue weighted by atomic mass is 10.0. The number of aromatic amines is 1. The van der Waals surface area contributed by atoms with Gasteiger partial charge in [0.25, 0.3) is 0 Å². The predicted octanol–water partition coefficient (Wildman–Crippen LogP) is 4.91. The lowest BCUT2D eigenvalue weighted by molar-refractivity contribution is 0.415. The second kappa shape index (κ2) is 5.61. The van der Waals surface area contributed by atoms with E-state index >= 15 is 0 Å². The third-order valence-corrected chi connectivity index (χ3v) is 4.00. The molecule has 4 aromatic rings. The smallest absolute Gasteiger partial charge is 0.118 e. The third-order valence-electron chi connectivity index (χ3n) is 4.00.